The molecule has 3 fully saturated rings. The van der Waals surface area contributed by atoms with Crippen LogP contribution in [0.1, 0.15) is 71.1 Å². The van der Waals surface area contributed by atoms with Crippen LogP contribution >= 0.6 is 0 Å². The van der Waals surface area contributed by atoms with E-state index < -0.39 is 0 Å². The predicted octanol–water partition coefficient (Wildman–Crippen LogP) is 2.16. The molecular weight excluding hydrogens is 392 g/mol. The first kappa shape index (κ1) is 24.5. The Morgan fingerprint density at radius 1 is 0.968 bits per heavy atom. The number of morpholine rings is 1. The maximum atomic E-state index is 12.7. The standard InChI is InChI=1S/C24H44N4O3/c1-2-3-7-12-25-23(30)21-8-13-27(14-9-21)19-22(29)26-20-24(10-5-4-6-11-24)28-15-17-31-18-16-28/h21H,2-20H2,1H3,(H,25,30)(H,26,29). The van der Waals surface area contributed by atoms with E-state index in [-0.39, 0.29) is 23.3 Å². The maximum absolute atomic E-state index is 12.7. The van der Waals surface area contributed by atoms with Gasteiger partial charge < -0.3 is 15.4 Å². The number of hydrogen-bond donors (Lipinski definition) is 2. The highest BCUT2D eigenvalue weighted by molar-refractivity contribution is 5.79. The van der Waals surface area contributed by atoms with Gasteiger partial charge in [0, 0.05) is 37.6 Å². The van der Waals surface area contributed by atoms with Gasteiger partial charge in [0.05, 0.1) is 19.8 Å². The molecular formula is C24H44N4O3. The molecule has 3 rings (SSSR count). The second kappa shape index (κ2) is 12.8. The molecule has 0 unspecified atom stereocenters. The Bertz CT molecular complexity index is 551. The quantitative estimate of drug-likeness (QED) is 0.514. The Morgan fingerprint density at radius 3 is 2.35 bits per heavy atom. The number of ether oxygens (including phenoxy) is 1. The Hall–Kier alpha value is -1.18. The zero-order chi connectivity index (χ0) is 21.9. The lowest BCUT2D eigenvalue weighted by atomic mass is 9.79. The third kappa shape index (κ3) is 7.43. The fraction of sp³-hybridized carbons (Fsp3) is 0.917. The molecule has 178 valence electrons. The molecule has 2 amide bonds. The Labute approximate surface area is 188 Å². The molecule has 0 spiro atoms. The van der Waals surface area contributed by atoms with Crippen LogP contribution in [0.15, 0.2) is 0 Å². The summed E-state index contributed by atoms with van der Waals surface area (Å²) in [6.07, 6.45) is 11.3. The van der Waals surface area contributed by atoms with Gasteiger partial charge in [-0.05, 0) is 45.2 Å². The molecule has 1 saturated carbocycles. The van der Waals surface area contributed by atoms with Crippen molar-refractivity contribution in [1.29, 1.82) is 0 Å². The van der Waals surface area contributed by atoms with E-state index in [1.54, 1.807) is 0 Å². The van der Waals surface area contributed by atoms with Gasteiger partial charge in [-0.1, -0.05) is 39.0 Å². The Morgan fingerprint density at radius 2 is 1.68 bits per heavy atom. The van der Waals surface area contributed by atoms with Crippen LogP contribution in [-0.4, -0.2) is 86.2 Å². The topological polar surface area (TPSA) is 73.9 Å². The number of unbranched alkanes of at least 4 members (excludes halogenated alkanes) is 2. The molecule has 7 nitrogen and oxygen atoms in total. The number of piperidine rings is 1. The highest BCUT2D eigenvalue weighted by Crippen LogP contribution is 2.33. The molecule has 2 heterocycles. The highest BCUT2D eigenvalue weighted by atomic mass is 16.5. The fourth-order valence-electron chi connectivity index (χ4n) is 5.46. The van der Waals surface area contributed by atoms with E-state index in [0.29, 0.717) is 6.54 Å². The average molecular weight is 437 g/mol. The minimum Gasteiger partial charge on any atom is -0.379 e. The van der Waals surface area contributed by atoms with Gasteiger partial charge >= 0.3 is 0 Å². The first-order valence-corrected chi connectivity index (χ1v) is 12.7. The number of hydrogen-bond acceptors (Lipinski definition) is 5. The first-order valence-electron chi connectivity index (χ1n) is 12.7. The predicted molar refractivity (Wildman–Crippen MR) is 123 cm³/mol. The molecule has 0 radical (unpaired) electrons. The van der Waals surface area contributed by atoms with Crippen molar-refractivity contribution in [2.75, 3.05) is 59.0 Å². The summed E-state index contributed by atoms with van der Waals surface area (Å²) in [7, 11) is 0. The molecule has 1 aliphatic carbocycles. The van der Waals surface area contributed by atoms with Gasteiger partial charge in [0.15, 0.2) is 0 Å². The molecule has 0 aromatic rings. The van der Waals surface area contributed by atoms with E-state index in [2.05, 4.69) is 27.4 Å². The molecule has 2 saturated heterocycles. The van der Waals surface area contributed by atoms with Crippen molar-refractivity contribution in [1.82, 2.24) is 20.4 Å². The van der Waals surface area contributed by atoms with Gasteiger partial charge in [-0.2, -0.15) is 0 Å². The average Bonchev–Trinajstić information content (AvgIpc) is 2.82. The Kier molecular flexibility index (Phi) is 10.1. The molecule has 7 heteroatoms. The lowest BCUT2D eigenvalue weighted by molar-refractivity contribution is -0.127. The van der Waals surface area contributed by atoms with Crippen molar-refractivity contribution in [2.45, 2.75) is 76.7 Å². The monoisotopic (exact) mass is 436 g/mol. The van der Waals surface area contributed by atoms with Gasteiger partial charge in [0.2, 0.25) is 11.8 Å². The van der Waals surface area contributed by atoms with Crippen LogP contribution < -0.4 is 10.6 Å². The van der Waals surface area contributed by atoms with E-state index in [1.807, 2.05) is 0 Å². The smallest absolute Gasteiger partial charge is 0.234 e. The van der Waals surface area contributed by atoms with Crippen LogP contribution in [0.2, 0.25) is 0 Å². The molecule has 2 N–H and O–H groups in total. The molecule has 31 heavy (non-hydrogen) atoms. The molecule has 0 atom stereocenters. The van der Waals surface area contributed by atoms with Gasteiger partial charge in [0.1, 0.15) is 0 Å². The van der Waals surface area contributed by atoms with Gasteiger partial charge in [-0.15, -0.1) is 0 Å². The normalized spacial score (nSPS) is 23.4. The number of rotatable bonds is 10. The van der Waals surface area contributed by atoms with Crippen molar-refractivity contribution >= 4 is 11.8 Å². The third-order valence-electron chi connectivity index (χ3n) is 7.49. The zero-order valence-corrected chi connectivity index (χ0v) is 19.6. The number of nitrogens with one attached hydrogen (secondary N) is 2. The minimum absolute atomic E-state index is 0.104. The number of amides is 2. The summed E-state index contributed by atoms with van der Waals surface area (Å²) in [6.45, 7) is 9.38. The lowest BCUT2D eigenvalue weighted by Crippen LogP contribution is -2.60. The van der Waals surface area contributed by atoms with E-state index in [0.717, 1.165) is 71.7 Å². The largest absolute Gasteiger partial charge is 0.379 e. The second-order valence-electron chi connectivity index (χ2n) is 9.71. The maximum Gasteiger partial charge on any atom is 0.234 e. The third-order valence-corrected chi connectivity index (χ3v) is 7.49. The van der Waals surface area contributed by atoms with Crippen molar-refractivity contribution in [3.05, 3.63) is 0 Å². The first-order chi connectivity index (χ1) is 15.1. The van der Waals surface area contributed by atoms with E-state index in [4.69, 9.17) is 4.74 Å². The summed E-state index contributed by atoms with van der Waals surface area (Å²) in [5.74, 6) is 0.429. The fourth-order valence-corrected chi connectivity index (χ4v) is 5.46. The van der Waals surface area contributed by atoms with Crippen molar-refractivity contribution in [3.8, 4) is 0 Å². The highest BCUT2D eigenvalue weighted by Gasteiger charge is 2.39. The summed E-state index contributed by atoms with van der Waals surface area (Å²) < 4.78 is 5.56. The SMILES string of the molecule is CCCCCNC(=O)C1CCN(CC(=O)NCC2(N3CCOCC3)CCCCC2)CC1. The minimum atomic E-state index is 0.104. The van der Waals surface area contributed by atoms with Crippen LogP contribution in [0.4, 0.5) is 0 Å². The molecule has 2 aliphatic heterocycles. The summed E-state index contributed by atoms with van der Waals surface area (Å²) in [5.41, 5.74) is 0.112. The van der Waals surface area contributed by atoms with E-state index in [9.17, 15) is 9.59 Å². The zero-order valence-electron chi connectivity index (χ0n) is 19.6. The molecule has 0 bridgehead atoms. The number of carbonyl (C=O) groups is 2. The van der Waals surface area contributed by atoms with Crippen LogP contribution in [0, 0.1) is 5.92 Å². The van der Waals surface area contributed by atoms with E-state index >= 15 is 0 Å². The van der Waals surface area contributed by atoms with Crippen molar-refractivity contribution < 1.29 is 14.3 Å². The van der Waals surface area contributed by atoms with Gasteiger partial charge in [-0.3, -0.25) is 19.4 Å². The Balaban J connectivity index is 1.38. The van der Waals surface area contributed by atoms with Crippen LogP contribution in [0.5, 0.6) is 0 Å². The van der Waals surface area contributed by atoms with Gasteiger partial charge in [-0.25, -0.2) is 0 Å². The summed E-state index contributed by atoms with van der Waals surface area (Å²) in [6, 6.07) is 0. The summed E-state index contributed by atoms with van der Waals surface area (Å²) in [5, 5.41) is 6.35. The van der Waals surface area contributed by atoms with Crippen molar-refractivity contribution in [3.63, 3.8) is 0 Å². The van der Waals surface area contributed by atoms with Gasteiger partial charge in [0.25, 0.3) is 0 Å². The van der Waals surface area contributed by atoms with Crippen LogP contribution in [0.25, 0.3) is 0 Å². The summed E-state index contributed by atoms with van der Waals surface area (Å²) in [4.78, 5) is 29.8. The summed E-state index contributed by atoms with van der Waals surface area (Å²) >= 11 is 0. The molecule has 0 aromatic carbocycles. The van der Waals surface area contributed by atoms with Crippen molar-refractivity contribution in [2.24, 2.45) is 5.92 Å². The molecule has 0 aromatic heterocycles. The molecule has 3 aliphatic rings. The number of likely N-dealkylation sites (tertiary alicyclic amines) is 1. The second-order valence-corrected chi connectivity index (χ2v) is 9.71. The van der Waals surface area contributed by atoms with Crippen LogP contribution in [-0.2, 0) is 14.3 Å². The van der Waals surface area contributed by atoms with Crippen LogP contribution in [0.3, 0.4) is 0 Å². The lowest BCUT2D eigenvalue weighted by Gasteiger charge is -2.48. The van der Waals surface area contributed by atoms with E-state index in [1.165, 1.54) is 44.9 Å². The number of nitrogens with zero attached hydrogens (tertiary/aromatic N) is 2. The number of carbonyl (C=O) groups excluding carboxylic acids is 2.